The van der Waals surface area contributed by atoms with Crippen molar-refractivity contribution in [1.82, 2.24) is 9.78 Å². The molecule has 5 heteroatoms. The summed E-state index contributed by atoms with van der Waals surface area (Å²) >= 11 is 0. The van der Waals surface area contributed by atoms with Crippen molar-refractivity contribution in [2.75, 3.05) is 5.75 Å². The molecule has 0 aliphatic carbocycles. The van der Waals surface area contributed by atoms with Crippen LogP contribution in [0.3, 0.4) is 0 Å². The third-order valence-electron chi connectivity index (χ3n) is 2.69. The van der Waals surface area contributed by atoms with Crippen LogP contribution < -0.4 is 0 Å². The van der Waals surface area contributed by atoms with Crippen molar-refractivity contribution in [1.29, 1.82) is 0 Å². The zero-order chi connectivity index (χ0) is 13.0. The number of rotatable bonds is 5. The minimum Gasteiger partial charge on any atom is -0.276 e. The number of hydrogen-bond donors (Lipinski definition) is 0. The van der Waals surface area contributed by atoms with E-state index in [1.807, 2.05) is 43.6 Å². The molecule has 2 aromatic rings. The van der Waals surface area contributed by atoms with E-state index in [0.29, 0.717) is 6.42 Å². The summed E-state index contributed by atoms with van der Waals surface area (Å²) in [7, 11) is -1.24. The summed E-state index contributed by atoms with van der Waals surface area (Å²) in [5, 5.41) is 4.02. The van der Waals surface area contributed by atoms with Crippen LogP contribution in [0.25, 0.3) is 0 Å². The molecular weight excluding hydrogens is 248 g/mol. The highest BCUT2D eigenvalue weighted by Crippen LogP contribution is 2.08. The molecule has 1 heterocycles. The lowest BCUT2D eigenvalue weighted by Crippen LogP contribution is -2.11. The Morgan fingerprint density at radius 1 is 1.17 bits per heavy atom. The van der Waals surface area contributed by atoms with Crippen LogP contribution >= 0.6 is 0 Å². The Bertz CT molecular complexity index is 603. The fraction of sp³-hybridized carbons (Fsp3) is 0.308. The molecule has 18 heavy (non-hydrogen) atoms. The van der Waals surface area contributed by atoms with Gasteiger partial charge in [-0.15, -0.1) is 0 Å². The number of nitrogens with zero attached hydrogens (tertiary/aromatic N) is 2. The van der Waals surface area contributed by atoms with Gasteiger partial charge in [0.05, 0.1) is 17.7 Å². The van der Waals surface area contributed by atoms with E-state index in [9.17, 15) is 8.42 Å². The van der Waals surface area contributed by atoms with Crippen LogP contribution in [-0.2, 0) is 29.1 Å². The van der Waals surface area contributed by atoms with Crippen molar-refractivity contribution in [3.8, 4) is 0 Å². The maximum atomic E-state index is 12.0. The molecule has 0 fully saturated rings. The first-order chi connectivity index (χ1) is 8.55. The average molecular weight is 264 g/mol. The predicted molar refractivity (Wildman–Crippen MR) is 70.8 cm³/mol. The fourth-order valence-corrected chi connectivity index (χ4v) is 3.17. The Kier molecular flexibility index (Phi) is 3.81. The molecule has 0 atom stereocenters. The van der Waals surface area contributed by atoms with Crippen LogP contribution in [-0.4, -0.2) is 24.0 Å². The van der Waals surface area contributed by atoms with Crippen molar-refractivity contribution >= 4 is 9.84 Å². The van der Waals surface area contributed by atoms with Crippen LogP contribution in [0.15, 0.2) is 42.7 Å². The van der Waals surface area contributed by atoms with E-state index < -0.39 is 9.84 Å². The maximum Gasteiger partial charge on any atom is 0.154 e. The van der Waals surface area contributed by atoms with E-state index in [1.165, 1.54) is 0 Å². The normalized spacial score (nSPS) is 11.6. The molecule has 0 spiro atoms. The SMILES string of the molecule is Cn1cc(CCS(=O)(=O)Cc2ccccc2)cn1. The molecule has 0 saturated heterocycles. The third-order valence-corrected chi connectivity index (χ3v) is 4.29. The quantitative estimate of drug-likeness (QED) is 0.824. The Morgan fingerprint density at radius 3 is 2.50 bits per heavy atom. The summed E-state index contributed by atoms with van der Waals surface area (Å²) in [6.07, 6.45) is 4.07. The van der Waals surface area contributed by atoms with Crippen LogP contribution in [0.1, 0.15) is 11.1 Å². The lowest BCUT2D eigenvalue weighted by molar-refractivity contribution is 0.594. The molecule has 1 aromatic carbocycles. The smallest absolute Gasteiger partial charge is 0.154 e. The number of hydrogen-bond acceptors (Lipinski definition) is 3. The van der Waals surface area contributed by atoms with Gasteiger partial charge in [0.1, 0.15) is 0 Å². The molecule has 96 valence electrons. The van der Waals surface area contributed by atoms with Gasteiger partial charge in [0.2, 0.25) is 0 Å². The second-order valence-corrected chi connectivity index (χ2v) is 6.53. The summed E-state index contributed by atoms with van der Waals surface area (Å²) in [4.78, 5) is 0. The third kappa shape index (κ3) is 3.70. The number of aromatic nitrogens is 2. The van der Waals surface area contributed by atoms with Gasteiger partial charge in [-0.05, 0) is 17.5 Å². The highest BCUT2D eigenvalue weighted by Gasteiger charge is 2.12. The summed E-state index contributed by atoms with van der Waals surface area (Å²) in [6.45, 7) is 0. The first-order valence-electron chi connectivity index (χ1n) is 5.77. The number of benzene rings is 1. The summed E-state index contributed by atoms with van der Waals surface area (Å²) in [5.74, 6) is 0.266. The molecule has 0 amide bonds. The van der Waals surface area contributed by atoms with Gasteiger partial charge in [0, 0.05) is 13.2 Å². The molecular formula is C13H16N2O2S. The Balaban J connectivity index is 1.96. The average Bonchev–Trinajstić information content (AvgIpc) is 2.74. The van der Waals surface area contributed by atoms with Gasteiger partial charge in [-0.2, -0.15) is 5.10 Å². The first-order valence-corrected chi connectivity index (χ1v) is 7.59. The molecule has 2 rings (SSSR count). The van der Waals surface area contributed by atoms with Gasteiger partial charge < -0.3 is 0 Å². The van der Waals surface area contributed by atoms with Crippen molar-refractivity contribution in [3.05, 3.63) is 53.9 Å². The molecule has 4 nitrogen and oxygen atoms in total. The van der Waals surface area contributed by atoms with Crippen molar-refractivity contribution in [3.63, 3.8) is 0 Å². The molecule has 0 saturated carbocycles. The Labute approximate surface area is 107 Å². The predicted octanol–water partition coefficient (Wildman–Crippen LogP) is 1.58. The van der Waals surface area contributed by atoms with E-state index in [1.54, 1.807) is 10.9 Å². The van der Waals surface area contributed by atoms with Gasteiger partial charge in [-0.25, -0.2) is 8.42 Å². The molecule has 1 aromatic heterocycles. The highest BCUT2D eigenvalue weighted by molar-refractivity contribution is 7.90. The maximum absolute atomic E-state index is 12.0. The second kappa shape index (κ2) is 5.35. The van der Waals surface area contributed by atoms with Crippen LogP contribution in [0.2, 0.25) is 0 Å². The molecule has 0 N–H and O–H groups in total. The minimum atomic E-state index is -3.06. The first kappa shape index (κ1) is 12.8. The van der Waals surface area contributed by atoms with E-state index in [-0.39, 0.29) is 11.5 Å². The largest absolute Gasteiger partial charge is 0.276 e. The van der Waals surface area contributed by atoms with Gasteiger partial charge in [-0.1, -0.05) is 30.3 Å². The van der Waals surface area contributed by atoms with Crippen molar-refractivity contribution in [2.24, 2.45) is 7.05 Å². The number of sulfone groups is 1. The zero-order valence-corrected chi connectivity index (χ0v) is 11.1. The Hall–Kier alpha value is -1.62. The van der Waals surface area contributed by atoms with Gasteiger partial charge in [0.25, 0.3) is 0 Å². The monoisotopic (exact) mass is 264 g/mol. The highest BCUT2D eigenvalue weighted by atomic mass is 32.2. The molecule has 0 bridgehead atoms. The standard InChI is InChI=1S/C13H16N2O2S/c1-15-10-13(9-14-15)7-8-18(16,17)11-12-5-3-2-4-6-12/h2-6,9-10H,7-8,11H2,1H3. The molecule has 0 aliphatic rings. The fourth-order valence-electron chi connectivity index (χ4n) is 1.77. The second-order valence-electron chi connectivity index (χ2n) is 4.35. The van der Waals surface area contributed by atoms with E-state index >= 15 is 0 Å². The summed E-state index contributed by atoms with van der Waals surface area (Å²) in [5.41, 5.74) is 1.79. The molecule has 0 radical (unpaired) electrons. The van der Waals surface area contributed by atoms with Gasteiger partial charge in [-0.3, -0.25) is 4.68 Å². The zero-order valence-electron chi connectivity index (χ0n) is 10.3. The lowest BCUT2D eigenvalue weighted by Gasteiger charge is -2.03. The minimum absolute atomic E-state index is 0.105. The van der Waals surface area contributed by atoms with E-state index in [2.05, 4.69) is 5.10 Å². The Morgan fingerprint density at radius 2 is 1.89 bits per heavy atom. The number of aryl methyl sites for hydroxylation is 2. The molecule has 0 unspecified atom stereocenters. The van der Waals surface area contributed by atoms with Gasteiger partial charge in [0.15, 0.2) is 9.84 Å². The van der Waals surface area contributed by atoms with Crippen LogP contribution in [0, 0.1) is 0 Å². The topological polar surface area (TPSA) is 52.0 Å². The van der Waals surface area contributed by atoms with Crippen LogP contribution in [0.5, 0.6) is 0 Å². The lowest BCUT2D eigenvalue weighted by atomic mass is 10.2. The van der Waals surface area contributed by atoms with Crippen LogP contribution in [0.4, 0.5) is 0 Å². The van der Waals surface area contributed by atoms with E-state index in [0.717, 1.165) is 11.1 Å². The summed E-state index contributed by atoms with van der Waals surface area (Å²) < 4.78 is 25.6. The van der Waals surface area contributed by atoms with E-state index in [4.69, 9.17) is 0 Å². The summed E-state index contributed by atoms with van der Waals surface area (Å²) in [6, 6.07) is 9.26. The van der Waals surface area contributed by atoms with Crippen molar-refractivity contribution in [2.45, 2.75) is 12.2 Å². The van der Waals surface area contributed by atoms with Gasteiger partial charge >= 0.3 is 0 Å². The molecule has 0 aliphatic heterocycles. The van der Waals surface area contributed by atoms with Crippen molar-refractivity contribution < 1.29 is 8.42 Å².